The zero-order valence-corrected chi connectivity index (χ0v) is 11.5. The van der Waals surface area contributed by atoms with E-state index in [0.29, 0.717) is 0 Å². The molecule has 17 heavy (non-hydrogen) atoms. The first-order valence-corrected chi connectivity index (χ1v) is 7.65. The monoisotopic (exact) mass is 253 g/mol. The molecule has 96 valence electrons. The summed E-state index contributed by atoms with van der Waals surface area (Å²) in [6.07, 6.45) is 4.95. The molecule has 1 aromatic heterocycles. The van der Waals surface area contributed by atoms with E-state index in [-0.39, 0.29) is 0 Å². The summed E-state index contributed by atoms with van der Waals surface area (Å²) in [5, 5.41) is 5.80. The molecule has 1 aromatic rings. The van der Waals surface area contributed by atoms with E-state index < -0.39 is 0 Å². The molecule has 0 bridgehead atoms. The predicted molar refractivity (Wildman–Crippen MR) is 73.6 cm³/mol. The van der Waals surface area contributed by atoms with Crippen molar-refractivity contribution in [3.05, 3.63) is 16.6 Å². The van der Waals surface area contributed by atoms with Gasteiger partial charge in [0.05, 0.1) is 11.2 Å². The summed E-state index contributed by atoms with van der Waals surface area (Å²) in [5.74, 6) is 0. The lowest BCUT2D eigenvalue weighted by atomic mass is 10.0. The lowest BCUT2D eigenvalue weighted by molar-refractivity contribution is 0.198. The Morgan fingerprint density at radius 1 is 1.47 bits per heavy atom. The van der Waals surface area contributed by atoms with E-state index >= 15 is 0 Å². The molecular formula is C13H23N3S. The van der Waals surface area contributed by atoms with Crippen LogP contribution in [0, 0.1) is 0 Å². The minimum Gasteiger partial charge on any atom is -0.313 e. The Bertz CT molecular complexity index is 292. The second-order valence-electron chi connectivity index (χ2n) is 4.80. The van der Waals surface area contributed by atoms with E-state index in [4.69, 9.17) is 0 Å². The second kappa shape index (κ2) is 7.09. The lowest BCUT2D eigenvalue weighted by Gasteiger charge is -2.32. The van der Waals surface area contributed by atoms with Gasteiger partial charge >= 0.3 is 0 Å². The predicted octanol–water partition coefficient (Wildman–Crippen LogP) is 2.15. The van der Waals surface area contributed by atoms with Crippen molar-refractivity contribution in [3.8, 4) is 0 Å². The number of piperidine rings is 1. The average Bonchev–Trinajstić information content (AvgIpc) is 2.85. The number of nitrogens with zero attached hydrogens (tertiary/aromatic N) is 2. The van der Waals surface area contributed by atoms with Crippen molar-refractivity contribution < 1.29 is 0 Å². The van der Waals surface area contributed by atoms with Crippen LogP contribution >= 0.6 is 11.3 Å². The molecule has 3 nitrogen and oxygen atoms in total. The fraction of sp³-hybridized carbons (Fsp3) is 0.769. The van der Waals surface area contributed by atoms with E-state index in [0.717, 1.165) is 19.0 Å². The fourth-order valence-corrected chi connectivity index (χ4v) is 3.04. The Kier molecular flexibility index (Phi) is 5.42. The normalized spacial score (nSPS) is 18.6. The number of aromatic nitrogens is 1. The average molecular weight is 253 g/mol. The SMILES string of the molecule is CCCN1CCC(NCCc2cscn2)CC1. The minimum absolute atomic E-state index is 0.724. The lowest BCUT2D eigenvalue weighted by Crippen LogP contribution is -2.43. The van der Waals surface area contributed by atoms with Crippen LogP contribution in [-0.4, -0.2) is 42.1 Å². The standard InChI is InChI=1S/C13H23N3S/c1-2-7-16-8-4-12(5-9-16)14-6-3-13-10-17-11-15-13/h10-12,14H,2-9H2,1H3. The molecule has 0 aromatic carbocycles. The van der Waals surface area contributed by atoms with Gasteiger partial charge in [-0.05, 0) is 38.9 Å². The fourth-order valence-electron chi connectivity index (χ4n) is 2.44. The molecule has 0 radical (unpaired) electrons. The molecule has 0 spiro atoms. The third-order valence-electron chi connectivity index (χ3n) is 3.43. The number of rotatable bonds is 6. The third-order valence-corrected chi connectivity index (χ3v) is 4.06. The van der Waals surface area contributed by atoms with E-state index in [1.807, 2.05) is 5.51 Å². The maximum Gasteiger partial charge on any atom is 0.0794 e. The maximum atomic E-state index is 4.31. The zero-order chi connectivity index (χ0) is 11.9. The van der Waals surface area contributed by atoms with E-state index in [9.17, 15) is 0 Å². The van der Waals surface area contributed by atoms with Gasteiger partial charge in [-0.25, -0.2) is 4.98 Å². The van der Waals surface area contributed by atoms with Gasteiger partial charge in [-0.1, -0.05) is 6.92 Å². The van der Waals surface area contributed by atoms with Crippen molar-refractivity contribution in [2.75, 3.05) is 26.2 Å². The van der Waals surface area contributed by atoms with E-state index in [1.54, 1.807) is 11.3 Å². The largest absolute Gasteiger partial charge is 0.313 e. The van der Waals surface area contributed by atoms with E-state index in [1.165, 1.54) is 44.6 Å². The molecule has 1 aliphatic rings. The second-order valence-corrected chi connectivity index (χ2v) is 5.52. The smallest absolute Gasteiger partial charge is 0.0794 e. The van der Waals surface area contributed by atoms with Crippen molar-refractivity contribution >= 4 is 11.3 Å². The Hall–Kier alpha value is -0.450. The van der Waals surface area contributed by atoms with Crippen molar-refractivity contribution in [2.45, 2.75) is 38.6 Å². The molecule has 1 saturated heterocycles. The third kappa shape index (κ3) is 4.37. The number of hydrogen-bond donors (Lipinski definition) is 1. The van der Waals surface area contributed by atoms with Crippen LogP contribution in [0.4, 0.5) is 0 Å². The maximum absolute atomic E-state index is 4.31. The summed E-state index contributed by atoms with van der Waals surface area (Å²) < 4.78 is 0. The van der Waals surface area contributed by atoms with Crippen LogP contribution in [0.1, 0.15) is 31.9 Å². The molecule has 2 rings (SSSR count). The first-order valence-electron chi connectivity index (χ1n) is 6.71. The summed E-state index contributed by atoms with van der Waals surface area (Å²) in [6.45, 7) is 7.14. The molecule has 0 unspecified atom stereocenters. The zero-order valence-electron chi connectivity index (χ0n) is 10.7. The van der Waals surface area contributed by atoms with Gasteiger partial charge in [-0.3, -0.25) is 0 Å². The Balaban J connectivity index is 1.58. The quantitative estimate of drug-likeness (QED) is 0.842. The topological polar surface area (TPSA) is 28.2 Å². The van der Waals surface area contributed by atoms with Gasteiger partial charge < -0.3 is 10.2 Å². The first kappa shape index (κ1) is 13.0. The van der Waals surface area contributed by atoms with Crippen LogP contribution < -0.4 is 5.32 Å². The summed E-state index contributed by atoms with van der Waals surface area (Å²) in [7, 11) is 0. The highest BCUT2D eigenvalue weighted by Gasteiger charge is 2.17. The molecule has 0 atom stereocenters. The van der Waals surface area contributed by atoms with Crippen molar-refractivity contribution in [2.24, 2.45) is 0 Å². The number of nitrogens with one attached hydrogen (secondary N) is 1. The summed E-state index contributed by atoms with van der Waals surface area (Å²) in [5.41, 5.74) is 3.14. The van der Waals surface area contributed by atoms with Gasteiger partial charge in [0.2, 0.25) is 0 Å². The van der Waals surface area contributed by atoms with Crippen molar-refractivity contribution in [1.29, 1.82) is 0 Å². The van der Waals surface area contributed by atoms with Crippen LogP contribution in [0.15, 0.2) is 10.9 Å². The van der Waals surface area contributed by atoms with Gasteiger partial charge in [0.25, 0.3) is 0 Å². The number of thiazole rings is 1. The Morgan fingerprint density at radius 3 is 2.94 bits per heavy atom. The van der Waals surface area contributed by atoms with Crippen LogP contribution in [0.2, 0.25) is 0 Å². The van der Waals surface area contributed by atoms with Crippen LogP contribution in [0.5, 0.6) is 0 Å². The highest BCUT2D eigenvalue weighted by atomic mass is 32.1. The molecule has 0 saturated carbocycles. The van der Waals surface area contributed by atoms with Crippen LogP contribution in [0.25, 0.3) is 0 Å². The molecule has 1 aliphatic heterocycles. The molecular weight excluding hydrogens is 230 g/mol. The van der Waals surface area contributed by atoms with Crippen molar-refractivity contribution in [1.82, 2.24) is 15.2 Å². The minimum atomic E-state index is 0.724. The molecule has 1 N–H and O–H groups in total. The van der Waals surface area contributed by atoms with Gasteiger partial charge in [0.15, 0.2) is 0 Å². The Labute approximate surface area is 108 Å². The highest BCUT2D eigenvalue weighted by Crippen LogP contribution is 2.10. The Morgan fingerprint density at radius 2 is 2.29 bits per heavy atom. The molecule has 1 fully saturated rings. The van der Waals surface area contributed by atoms with Gasteiger partial charge in [-0.2, -0.15) is 0 Å². The van der Waals surface area contributed by atoms with Gasteiger partial charge in [-0.15, -0.1) is 11.3 Å². The molecule has 0 aliphatic carbocycles. The summed E-state index contributed by atoms with van der Waals surface area (Å²) in [4.78, 5) is 6.89. The van der Waals surface area contributed by atoms with E-state index in [2.05, 4.69) is 27.5 Å². The highest BCUT2D eigenvalue weighted by molar-refractivity contribution is 7.07. The molecule has 0 amide bonds. The van der Waals surface area contributed by atoms with Crippen LogP contribution in [0.3, 0.4) is 0 Å². The first-order chi connectivity index (χ1) is 8.38. The number of hydrogen-bond acceptors (Lipinski definition) is 4. The summed E-state index contributed by atoms with van der Waals surface area (Å²) in [6, 6.07) is 0.724. The van der Waals surface area contributed by atoms with Gasteiger partial charge in [0, 0.05) is 24.4 Å². The molecule has 4 heteroatoms. The van der Waals surface area contributed by atoms with Crippen molar-refractivity contribution in [3.63, 3.8) is 0 Å². The number of likely N-dealkylation sites (tertiary alicyclic amines) is 1. The van der Waals surface area contributed by atoms with Gasteiger partial charge in [0.1, 0.15) is 0 Å². The summed E-state index contributed by atoms with van der Waals surface area (Å²) >= 11 is 1.69. The molecule has 2 heterocycles. The van der Waals surface area contributed by atoms with Crippen LogP contribution in [-0.2, 0) is 6.42 Å².